The number of carbonyl (C=O) groups is 1. The van der Waals surface area contributed by atoms with Crippen LogP contribution in [0.25, 0.3) is 0 Å². The first kappa shape index (κ1) is 16.3. The van der Waals surface area contributed by atoms with Crippen molar-refractivity contribution in [2.24, 2.45) is 17.8 Å². The Labute approximate surface area is 135 Å². The highest BCUT2D eigenvalue weighted by atomic mass is 16.6. The Hall–Kier alpha value is -0.570. The molecule has 5 atom stereocenters. The lowest BCUT2D eigenvalue weighted by molar-refractivity contribution is -0.153. The summed E-state index contributed by atoms with van der Waals surface area (Å²) in [7, 11) is 0. The first-order valence-corrected chi connectivity index (χ1v) is 9.63. The highest BCUT2D eigenvalue weighted by Crippen LogP contribution is 2.55. The maximum atomic E-state index is 12.3. The van der Waals surface area contributed by atoms with Gasteiger partial charge in [-0.25, -0.2) is 0 Å². The zero-order valence-electron chi connectivity index (χ0n) is 14.1. The molecule has 1 aliphatic heterocycles. The van der Waals surface area contributed by atoms with Crippen molar-refractivity contribution in [3.63, 3.8) is 0 Å². The second-order valence-electron chi connectivity index (χ2n) is 7.55. The van der Waals surface area contributed by atoms with Gasteiger partial charge in [-0.15, -0.1) is 0 Å². The molecule has 0 amide bonds. The van der Waals surface area contributed by atoms with E-state index in [4.69, 9.17) is 9.47 Å². The molecule has 4 fully saturated rings. The van der Waals surface area contributed by atoms with Gasteiger partial charge in [0.25, 0.3) is 0 Å². The van der Waals surface area contributed by atoms with Crippen LogP contribution in [-0.4, -0.2) is 24.8 Å². The zero-order valence-corrected chi connectivity index (χ0v) is 14.1. The Balaban J connectivity index is 1.23. The highest BCUT2D eigenvalue weighted by molar-refractivity contribution is 5.73. The summed E-state index contributed by atoms with van der Waals surface area (Å²) in [4.78, 5) is 12.3. The molecule has 3 nitrogen and oxygen atoms in total. The Morgan fingerprint density at radius 3 is 2.45 bits per heavy atom. The fourth-order valence-corrected chi connectivity index (χ4v) is 4.56. The smallest absolute Gasteiger partial charge is 0.309 e. The predicted octanol–water partition coefficient (Wildman–Crippen LogP) is 4.48. The molecule has 3 aliphatic carbocycles. The summed E-state index contributed by atoms with van der Waals surface area (Å²) in [6, 6.07) is 0. The van der Waals surface area contributed by atoms with Gasteiger partial charge in [-0.1, -0.05) is 51.9 Å². The van der Waals surface area contributed by atoms with E-state index >= 15 is 0 Å². The van der Waals surface area contributed by atoms with E-state index in [0.717, 1.165) is 12.8 Å². The summed E-state index contributed by atoms with van der Waals surface area (Å²) in [6.07, 6.45) is 14.6. The van der Waals surface area contributed by atoms with Gasteiger partial charge >= 0.3 is 5.97 Å². The van der Waals surface area contributed by atoms with Gasteiger partial charge in [0.15, 0.2) is 0 Å². The second-order valence-corrected chi connectivity index (χ2v) is 7.55. The predicted molar refractivity (Wildman–Crippen MR) is 86.6 cm³/mol. The molecular weight excluding hydrogens is 276 g/mol. The monoisotopic (exact) mass is 308 g/mol. The zero-order chi connectivity index (χ0) is 15.4. The number of unbranched alkanes of at least 4 members (excludes halogenated alkanes) is 7. The average Bonchev–Trinajstić information content (AvgIpc) is 3.35. The third-order valence-electron chi connectivity index (χ3n) is 5.94. The summed E-state index contributed by atoms with van der Waals surface area (Å²) in [6.45, 7) is 2.87. The molecule has 22 heavy (non-hydrogen) atoms. The van der Waals surface area contributed by atoms with Gasteiger partial charge in [-0.2, -0.15) is 0 Å². The van der Waals surface area contributed by atoms with E-state index in [2.05, 4.69) is 6.92 Å². The number of hydrogen-bond acceptors (Lipinski definition) is 3. The Morgan fingerprint density at radius 1 is 1.00 bits per heavy atom. The van der Waals surface area contributed by atoms with Gasteiger partial charge in [0.2, 0.25) is 0 Å². The summed E-state index contributed by atoms with van der Waals surface area (Å²) in [5, 5.41) is 0. The molecule has 3 saturated carbocycles. The molecule has 0 radical (unpaired) electrons. The molecule has 0 spiro atoms. The molecule has 4 aliphatic rings. The minimum atomic E-state index is 0.0617. The van der Waals surface area contributed by atoms with Crippen molar-refractivity contribution in [1.29, 1.82) is 0 Å². The molecule has 3 heteroatoms. The lowest BCUT2D eigenvalue weighted by Crippen LogP contribution is -2.42. The summed E-state index contributed by atoms with van der Waals surface area (Å²) in [5.41, 5.74) is 0. The maximum absolute atomic E-state index is 12.3. The minimum Gasteiger partial charge on any atom is -0.465 e. The van der Waals surface area contributed by atoms with Crippen LogP contribution in [0.3, 0.4) is 0 Å². The minimum absolute atomic E-state index is 0.0617. The maximum Gasteiger partial charge on any atom is 0.309 e. The van der Waals surface area contributed by atoms with Crippen LogP contribution >= 0.6 is 0 Å². The number of epoxide rings is 1. The van der Waals surface area contributed by atoms with Crippen molar-refractivity contribution in [3.8, 4) is 0 Å². The van der Waals surface area contributed by atoms with Crippen molar-refractivity contribution >= 4 is 5.97 Å². The normalized spacial score (nSPS) is 35.2. The van der Waals surface area contributed by atoms with Gasteiger partial charge in [-0.3, -0.25) is 4.79 Å². The lowest BCUT2D eigenvalue weighted by Gasteiger charge is -2.37. The Morgan fingerprint density at radius 2 is 1.73 bits per heavy atom. The third-order valence-corrected chi connectivity index (χ3v) is 5.94. The van der Waals surface area contributed by atoms with Gasteiger partial charge in [0.05, 0.1) is 24.7 Å². The SMILES string of the molecule is CCCCCCCCCCOC(=O)C1CC2CCC1C1OC21. The van der Waals surface area contributed by atoms with E-state index in [1.807, 2.05) is 0 Å². The van der Waals surface area contributed by atoms with Crippen LogP contribution in [0.15, 0.2) is 0 Å². The Bertz CT molecular complexity index is 368. The molecule has 2 bridgehead atoms. The molecule has 0 N–H and O–H groups in total. The molecule has 1 heterocycles. The van der Waals surface area contributed by atoms with Crippen LogP contribution in [0, 0.1) is 17.8 Å². The van der Waals surface area contributed by atoms with E-state index in [1.54, 1.807) is 0 Å². The van der Waals surface area contributed by atoms with Crippen molar-refractivity contribution in [3.05, 3.63) is 0 Å². The quantitative estimate of drug-likeness (QED) is 0.339. The van der Waals surface area contributed by atoms with Crippen molar-refractivity contribution < 1.29 is 14.3 Å². The molecule has 0 aromatic rings. The lowest BCUT2D eigenvalue weighted by atomic mass is 9.65. The van der Waals surface area contributed by atoms with E-state index in [0.29, 0.717) is 30.7 Å². The van der Waals surface area contributed by atoms with Crippen molar-refractivity contribution in [1.82, 2.24) is 0 Å². The van der Waals surface area contributed by atoms with Gasteiger partial charge < -0.3 is 9.47 Å². The average molecular weight is 308 g/mol. The molecule has 0 aromatic carbocycles. The standard InChI is InChI=1S/C19H32O3/c1-2-3-4-5-6-7-8-9-12-21-19(20)16-13-14-10-11-15(16)18-17(14)22-18/h14-18H,2-13H2,1H3. The molecule has 1 saturated heterocycles. The number of esters is 1. The van der Waals surface area contributed by atoms with Gasteiger partial charge in [-0.05, 0) is 31.6 Å². The number of hydrogen-bond donors (Lipinski definition) is 0. The number of rotatable bonds is 10. The first-order chi connectivity index (χ1) is 10.8. The van der Waals surface area contributed by atoms with E-state index in [1.165, 1.54) is 57.8 Å². The fraction of sp³-hybridized carbons (Fsp3) is 0.947. The molecule has 0 aromatic heterocycles. The molecule has 126 valence electrons. The summed E-state index contributed by atoms with van der Waals surface area (Å²) in [5.74, 6) is 1.29. The van der Waals surface area contributed by atoms with Crippen molar-refractivity contribution in [2.45, 2.75) is 89.8 Å². The number of carbonyl (C=O) groups excluding carboxylic acids is 1. The van der Waals surface area contributed by atoms with Crippen LogP contribution in [-0.2, 0) is 14.3 Å². The number of ether oxygens (including phenoxy) is 2. The van der Waals surface area contributed by atoms with Crippen molar-refractivity contribution in [2.75, 3.05) is 6.61 Å². The van der Waals surface area contributed by atoms with Crippen LogP contribution in [0.4, 0.5) is 0 Å². The summed E-state index contributed by atoms with van der Waals surface area (Å²) >= 11 is 0. The number of fused-ring (bicyclic) bond motifs is 2. The van der Waals surface area contributed by atoms with Gasteiger partial charge in [0.1, 0.15) is 0 Å². The first-order valence-electron chi connectivity index (χ1n) is 9.63. The molecule has 5 unspecified atom stereocenters. The fourth-order valence-electron chi connectivity index (χ4n) is 4.56. The van der Waals surface area contributed by atoms with E-state index in [-0.39, 0.29) is 11.9 Å². The second kappa shape index (κ2) is 7.81. The largest absolute Gasteiger partial charge is 0.465 e. The summed E-state index contributed by atoms with van der Waals surface area (Å²) < 4.78 is 11.3. The third kappa shape index (κ3) is 3.84. The topological polar surface area (TPSA) is 38.8 Å². The van der Waals surface area contributed by atoms with Crippen LogP contribution < -0.4 is 0 Å². The van der Waals surface area contributed by atoms with Crippen LogP contribution in [0.5, 0.6) is 0 Å². The van der Waals surface area contributed by atoms with E-state index < -0.39 is 0 Å². The molecular formula is C19H32O3. The van der Waals surface area contributed by atoms with Crippen LogP contribution in [0.1, 0.15) is 77.6 Å². The Kier molecular flexibility index (Phi) is 5.78. The van der Waals surface area contributed by atoms with Crippen LogP contribution in [0.2, 0.25) is 0 Å². The highest BCUT2D eigenvalue weighted by Gasteiger charge is 2.60. The van der Waals surface area contributed by atoms with E-state index in [9.17, 15) is 4.79 Å². The van der Waals surface area contributed by atoms with Gasteiger partial charge in [0, 0.05) is 5.92 Å². The molecule has 4 rings (SSSR count).